The number of aliphatic hydroxyl groups is 1. The van der Waals surface area contributed by atoms with Gasteiger partial charge in [-0.15, -0.1) is 11.3 Å². The zero-order valence-electron chi connectivity index (χ0n) is 42.3. The average molecular weight is 1020 g/mol. The maximum absolute atomic E-state index is 16.0. The number of β-amino-alcohol motifs (C(OH)–C–C–N with tert-alkyl or cyclic N) is 1. The Bertz CT molecular complexity index is 2540. The lowest BCUT2D eigenvalue weighted by molar-refractivity contribution is -0.144. The number of aliphatic hydroxyl groups excluding tert-OH is 1. The summed E-state index contributed by atoms with van der Waals surface area (Å²) in [5, 5.41) is 16.4. The van der Waals surface area contributed by atoms with Crippen molar-refractivity contribution in [1.29, 1.82) is 0 Å². The van der Waals surface area contributed by atoms with E-state index in [2.05, 4.69) is 15.6 Å². The second-order valence-electron chi connectivity index (χ2n) is 20.6. The van der Waals surface area contributed by atoms with Crippen LogP contribution in [-0.4, -0.2) is 133 Å². The Morgan fingerprint density at radius 1 is 0.931 bits per heavy atom. The highest BCUT2D eigenvalue weighted by atomic mass is 32.1. The number of halogens is 3. The van der Waals surface area contributed by atoms with Gasteiger partial charge < -0.3 is 45.3 Å². The summed E-state index contributed by atoms with van der Waals surface area (Å²) in [5.74, 6) is -3.02. The van der Waals surface area contributed by atoms with Crippen molar-refractivity contribution in [1.82, 2.24) is 25.4 Å². The number of aromatic nitrogens is 1. The second-order valence-corrected chi connectivity index (χ2v) is 21.4. The lowest BCUT2D eigenvalue weighted by Gasteiger charge is -2.44. The maximum atomic E-state index is 16.0. The van der Waals surface area contributed by atoms with Crippen LogP contribution < -0.4 is 21.1 Å². The Labute approximate surface area is 424 Å². The standard InChI is InChI=1S/C54H69F3N6O8S/c1-32-22-40-39-11-9-8-10-36(39)23-41(40)48(63(32)30-54(6,7)57)47-42(55)25-38(26-43(47)56)71-21-20-69-17-16-68-18-19-70-29-46(65)61-50(53(3,4)5)52(67)62-28-37(64)24-45(62)51(66)60-44(27-58)34-12-14-35(15-13-34)49-33(2)59-31-72-49/h8-15,25-26,31-32,37,44-45,48,50,64H,16-24,27-30,58H2,1-7H3,(H,60,66)(H,61,65)/t32-,37-,44-,45+,48?,50-/m1/s1. The molecule has 1 aromatic heterocycles. The third kappa shape index (κ3) is 13.3. The molecule has 0 radical (unpaired) electrons. The fourth-order valence-electron chi connectivity index (χ4n) is 9.89. The van der Waals surface area contributed by atoms with Crippen LogP contribution in [0, 0.1) is 24.0 Å². The number of carbonyl (C=O) groups is 3. The number of amides is 3. The zero-order chi connectivity index (χ0) is 51.9. The minimum atomic E-state index is -1.59. The van der Waals surface area contributed by atoms with Gasteiger partial charge in [0.15, 0.2) is 0 Å². The highest BCUT2D eigenvalue weighted by Crippen LogP contribution is 2.50. The van der Waals surface area contributed by atoms with Gasteiger partial charge in [-0.3, -0.25) is 19.3 Å². The first-order chi connectivity index (χ1) is 34.2. The third-order valence-electron chi connectivity index (χ3n) is 13.4. The SMILES string of the molecule is Cc1ncsc1-c1ccc([C@@H](CN)NC(=O)[C@@H]2C[C@@H](O)CN2C(=O)[C@@H](NC(=O)COCCOCCOCCOc2cc(F)c(C3C4=C(C[C@@H](C)N3CC(C)(C)F)c3ccccc3C4)c(F)c2)C(C)(C)C)cc1. The predicted molar refractivity (Wildman–Crippen MR) is 270 cm³/mol. The number of carbonyl (C=O) groups excluding carboxylic acids is 3. The van der Waals surface area contributed by atoms with Crippen molar-refractivity contribution < 1.29 is 51.6 Å². The van der Waals surface area contributed by atoms with Crippen molar-refractivity contribution >= 4 is 34.6 Å². The van der Waals surface area contributed by atoms with E-state index in [1.807, 2.05) is 67.3 Å². The van der Waals surface area contributed by atoms with Gasteiger partial charge >= 0.3 is 0 Å². The summed E-state index contributed by atoms with van der Waals surface area (Å²) in [7, 11) is 0. The van der Waals surface area contributed by atoms with Crippen LogP contribution in [0.25, 0.3) is 16.0 Å². The van der Waals surface area contributed by atoms with E-state index in [9.17, 15) is 19.5 Å². The van der Waals surface area contributed by atoms with E-state index in [0.29, 0.717) is 12.8 Å². The number of thiazole rings is 1. The highest BCUT2D eigenvalue weighted by Gasteiger charge is 2.46. The molecular formula is C54H69F3N6O8S. The van der Waals surface area contributed by atoms with E-state index in [-0.39, 0.29) is 89.7 Å². The highest BCUT2D eigenvalue weighted by molar-refractivity contribution is 7.13. The molecular weight excluding hydrogens is 950 g/mol. The molecule has 3 amide bonds. The van der Waals surface area contributed by atoms with E-state index in [4.69, 9.17) is 24.7 Å². The van der Waals surface area contributed by atoms with Crippen LogP contribution in [0.3, 0.4) is 0 Å². The molecule has 390 valence electrons. The summed E-state index contributed by atoms with van der Waals surface area (Å²) in [6.45, 7) is 12.7. The van der Waals surface area contributed by atoms with Crippen molar-refractivity contribution in [2.75, 3.05) is 65.9 Å². The van der Waals surface area contributed by atoms with Crippen LogP contribution in [0.4, 0.5) is 13.2 Å². The molecule has 4 aromatic rings. The number of nitrogens with zero attached hydrogens (tertiary/aromatic N) is 3. The number of benzene rings is 3. The number of rotatable bonds is 22. The summed E-state index contributed by atoms with van der Waals surface area (Å²) in [4.78, 5) is 49.5. The van der Waals surface area contributed by atoms with Gasteiger partial charge in [0.25, 0.3) is 0 Å². The van der Waals surface area contributed by atoms with Crippen molar-refractivity contribution in [2.45, 2.75) is 110 Å². The Hall–Kier alpha value is -5.21. The topological polar surface area (TPSA) is 178 Å². The fraction of sp³-hybridized carbons (Fsp3) is 0.519. The molecule has 6 atom stereocenters. The molecule has 0 saturated carbocycles. The summed E-state index contributed by atoms with van der Waals surface area (Å²) in [6, 6.07) is 14.5. The number of fused-ring (bicyclic) bond motifs is 2. The first kappa shape index (κ1) is 54.6. The van der Waals surface area contributed by atoms with Gasteiger partial charge in [0.05, 0.1) is 67.3 Å². The number of likely N-dealkylation sites (tertiary alicyclic amines) is 1. The minimum absolute atomic E-state index is 0.0117. The summed E-state index contributed by atoms with van der Waals surface area (Å²) < 4.78 is 69.6. The normalized spacial score (nSPS) is 20.0. The molecule has 3 aliphatic rings. The lowest BCUT2D eigenvalue weighted by atomic mass is 9.84. The zero-order valence-corrected chi connectivity index (χ0v) is 43.1. The number of hydrogen-bond donors (Lipinski definition) is 4. The average Bonchev–Trinajstić information content (AvgIpc) is 4.05. The van der Waals surface area contributed by atoms with Crippen molar-refractivity contribution in [3.63, 3.8) is 0 Å². The van der Waals surface area contributed by atoms with Crippen LogP contribution in [0.5, 0.6) is 5.75 Å². The molecule has 1 fully saturated rings. The van der Waals surface area contributed by atoms with Crippen LogP contribution in [0.2, 0.25) is 0 Å². The first-order valence-corrected chi connectivity index (χ1v) is 25.5. The molecule has 0 bridgehead atoms. The van der Waals surface area contributed by atoms with Crippen LogP contribution in [0.15, 0.2) is 71.7 Å². The van der Waals surface area contributed by atoms with Gasteiger partial charge in [0.2, 0.25) is 17.7 Å². The summed E-state index contributed by atoms with van der Waals surface area (Å²) >= 11 is 1.54. The Morgan fingerprint density at radius 2 is 1.58 bits per heavy atom. The third-order valence-corrected chi connectivity index (χ3v) is 14.3. The number of ether oxygens (including phenoxy) is 4. The number of hydrogen-bond acceptors (Lipinski definition) is 12. The molecule has 2 aliphatic heterocycles. The van der Waals surface area contributed by atoms with Crippen LogP contribution >= 0.6 is 11.3 Å². The monoisotopic (exact) mass is 1020 g/mol. The predicted octanol–water partition coefficient (Wildman–Crippen LogP) is 7.03. The Kier molecular flexibility index (Phi) is 18.0. The number of alkyl halides is 1. The van der Waals surface area contributed by atoms with E-state index >= 15 is 13.2 Å². The van der Waals surface area contributed by atoms with Crippen molar-refractivity contribution in [3.05, 3.63) is 111 Å². The Morgan fingerprint density at radius 3 is 2.21 bits per heavy atom. The molecule has 7 rings (SSSR count). The molecule has 1 unspecified atom stereocenters. The van der Waals surface area contributed by atoms with E-state index < -0.39 is 70.7 Å². The minimum Gasteiger partial charge on any atom is -0.491 e. The smallest absolute Gasteiger partial charge is 0.246 e. The molecule has 1 saturated heterocycles. The fourth-order valence-corrected chi connectivity index (χ4v) is 10.7. The molecule has 0 spiro atoms. The second kappa shape index (κ2) is 23.8. The number of nitrogens with one attached hydrogen (secondary N) is 2. The van der Waals surface area contributed by atoms with E-state index in [1.165, 1.54) is 30.9 Å². The van der Waals surface area contributed by atoms with Crippen LogP contribution in [0.1, 0.15) is 94.4 Å². The van der Waals surface area contributed by atoms with Gasteiger partial charge in [-0.05, 0) is 79.4 Å². The Balaban J connectivity index is 0.818. The molecule has 14 nitrogen and oxygen atoms in total. The van der Waals surface area contributed by atoms with E-state index in [1.54, 1.807) is 37.6 Å². The summed E-state index contributed by atoms with van der Waals surface area (Å²) in [5.41, 5.74) is 12.3. The van der Waals surface area contributed by atoms with Gasteiger partial charge in [-0.2, -0.15) is 0 Å². The van der Waals surface area contributed by atoms with Gasteiger partial charge in [-0.25, -0.2) is 18.2 Å². The quantitative estimate of drug-likeness (QED) is 0.0595. The van der Waals surface area contributed by atoms with Gasteiger partial charge in [0.1, 0.15) is 48.4 Å². The van der Waals surface area contributed by atoms with E-state index in [0.717, 1.165) is 44.0 Å². The largest absolute Gasteiger partial charge is 0.491 e. The number of aryl methyl sites for hydroxylation is 1. The molecule has 5 N–H and O–H groups in total. The van der Waals surface area contributed by atoms with Gasteiger partial charge in [-0.1, -0.05) is 69.3 Å². The van der Waals surface area contributed by atoms with Crippen molar-refractivity contribution in [2.24, 2.45) is 11.1 Å². The van der Waals surface area contributed by atoms with Gasteiger partial charge in [0, 0.05) is 49.8 Å². The molecule has 3 aromatic carbocycles. The van der Waals surface area contributed by atoms with Crippen LogP contribution in [-0.2, 0) is 35.0 Å². The molecule has 18 heteroatoms. The number of nitrogens with two attached hydrogens (primary N) is 1. The maximum Gasteiger partial charge on any atom is 0.246 e. The summed E-state index contributed by atoms with van der Waals surface area (Å²) in [6.07, 6.45) is 0.292. The molecule has 3 heterocycles. The van der Waals surface area contributed by atoms with Crippen molar-refractivity contribution in [3.8, 4) is 16.2 Å². The lowest BCUT2D eigenvalue weighted by Crippen LogP contribution is -2.58. The first-order valence-electron chi connectivity index (χ1n) is 24.6. The molecule has 72 heavy (non-hydrogen) atoms. The molecule has 1 aliphatic carbocycles.